The van der Waals surface area contributed by atoms with Crippen LogP contribution in [0, 0.1) is 0 Å². The van der Waals surface area contributed by atoms with Gasteiger partial charge in [0.15, 0.2) is 0 Å². The Morgan fingerprint density at radius 2 is 1.72 bits per heavy atom. The number of hydrogen-bond acceptors (Lipinski definition) is 4. The summed E-state index contributed by atoms with van der Waals surface area (Å²) in [6.07, 6.45) is 0.530. The smallest absolute Gasteiger partial charge is 0.267 e. The van der Waals surface area contributed by atoms with Gasteiger partial charge in [0.25, 0.3) is 5.91 Å². The number of hydrogen-bond donors (Lipinski definition) is 1. The third-order valence-electron chi connectivity index (χ3n) is 5.17. The number of para-hydroxylation sites is 2. The molecule has 0 atom stereocenters. The van der Waals surface area contributed by atoms with E-state index in [1.807, 2.05) is 60.4 Å². The lowest BCUT2D eigenvalue weighted by Gasteiger charge is -2.36. The SMILES string of the molecule is CCC(=O)N1CCN(c2ccccc2NC(=O)c2sc3ccccc3c2Cl)CC1. The van der Waals surface area contributed by atoms with Crippen LogP contribution < -0.4 is 10.2 Å². The fourth-order valence-electron chi connectivity index (χ4n) is 3.61. The predicted molar refractivity (Wildman–Crippen MR) is 120 cm³/mol. The topological polar surface area (TPSA) is 52.7 Å². The average molecular weight is 428 g/mol. The van der Waals surface area contributed by atoms with Crippen LogP contribution in [0.15, 0.2) is 48.5 Å². The molecule has 1 fully saturated rings. The van der Waals surface area contributed by atoms with E-state index >= 15 is 0 Å². The van der Waals surface area contributed by atoms with Crippen LogP contribution in [0.4, 0.5) is 11.4 Å². The van der Waals surface area contributed by atoms with Crippen molar-refractivity contribution in [1.29, 1.82) is 0 Å². The summed E-state index contributed by atoms with van der Waals surface area (Å²) in [5.41, 5.74) is 1.71. The lowest BCUT2D eigenvalue weighted by atomic mass is 10.2. The van der Waals surface area contributed by atoms with Crippen LogP contribution in [0.2, 0.25) is 5.02 Å². The minimum Gasteiger partial charge on any atom is -0.366 e. The van der Waals surface area contributed by atoms with E-state index in [0.29, 0.717) is 29.4 Å². The van der Waals surface area contributed by atoms with Gasteiger partial charge in [-0.2, -0.15) is 0 Å². The highest BCUT2D eigenvalue weighted by Crippen LogP contribution is 2.36. The van der Waals surface area contributed by atoms with Gasteiger partial charge in [0.05, 0.1) is 16.4 Å². The van der Waals surface area contributed by atoms with E-state index in [9.17, 15) is 9.59 Å². The normalized spacial score (nSPS) is 14.3. The number of rotatable bonds is 4. The van der Waals surface area contributed by atoms with Crippen LogP contribution in [0.25, 0.3) is 10.1 Å². The Morgan fingerprint density at radius 3 is 2.45 bits per heavy atom. The zero-order valence-corrected chi connectivity index (χ0v) is 17.7. The van der Waals surface area contributed by atoms with Gasteiger partial charge in [-0.1, -0.05) is 48.9 Å². The standard InChI is InChI=1S/C22H22ClN3O2S/c1-2-19(27)26-13-11-25(12-14-26)17-9-5-4-8-16(17)24-22(28)21-20(23)15-7-3-6-10-18(15)29-21/h3-10H,2,11-14H2,1H3,(H,24,28). The molecule has 0 unspecified atom stereocenters. The summed E-state index contributed by atoms with van der Waals surface area (Å²) in [5, 5.41) is 4.43. The molecule has 3 aromatic rings. The Balaban J connectivity index is 1.53. The quantitative estimate of drug-likeness (QED) is 0.646. The second kappa shape index (κ2) is 8.43. The Bertz CT molecular complexity index is 1060. The molecule has 4 rings (SSSR count). The van der Waals surface area contributed by atoms with Crippen LogP contribution in [0.5, 0.6) is 0 Å². The highest BCUT2D eigenvalue weighted by molar-refractivity contribution is 7.21. The number of benzene rings is 2. The summed E-state index contributed by atoms with van der Waals surface area (Å²) >= 11 is 7.86. The average Bonchev–Trinajstić information content (AvgIpc) is 3.10. The third kappa shape index (κ3) is 3.95. The Labute approximate surface area is 178 Å². The molecule has 0 spiro atoms. The van der Waals surface area contributed by atoms with E-state index in [2.05, 4.69) is 10.2 Å². The molecule has 0 radical (unpaired) electrons. The predicted octanol–water partition coefficient (Wildman–Crippen LogP) is 4.87. The first-order chi connectivity index (χ1) is 14.1. The van der Waals surface area contributed by atoms with Crippen LogP contribution in [0.3, 0.4) is 0 Å². The molecular weight excluding hydrogens is 406 g/mol. The molecule has 2 amide bonds. The molecule has 0 saturated carbocycles. The maximum Gasteiger partial charge on any atom is 0.267 e. The highest BCUT2D eigenvalue weighted by atomic mass is 35.5. The van der Waals surface area contributed by atoms with Crippen molar-refractivity contribution in [2.75, 3.05) is 36.4 Å². The van der Waals surface area contributed by atoms with Gasteiger partial charge in [-0.05, 0) is 18.2 Å². The Kier molecular flexibility index (Phi) is 5.74. The van der Waals surface area contributed by atoms with E-state index in [-0.39, 0.29) is 11.8 Å². The summed E-state index contributed by atoms with van der Waals surface area (Å²) in [5.74, 6) is -0.0194. The second-order valence-corrected chi connectivity index (χ2v) is 8.36. The molecule has 2 aromatic carbocycles. The molecule has 150 valence electrons. The van der Waals surface area contributed by atoms with E-state index in [1.165, 1.54) is 11.3 Å². The van der Waals surface area contributed by atoms with Crippen molar-refractivity contribution in [2.24, 2.45) is 0 Å². The van der Waals surface area contributed by atoms with Gasteiger partial charge in [-0.3, -0.25) is 9.59 Å². The van der Waals surface area contributed by atoms with Crippen LogP contribution in [-0.2, 0) is 4.79 Å². The van der Waals surface area contributed by atoms with Gasteiger partial charge in [0.1, 0.15) is 4.88 Å². The summed E-state index contributed by atoms with van der Waals surface area (Å²) in [4.78, 5) is 29.5. The maximum atomic E-state index is 13.0. The van der Waals surface area contributed by atoms with Gasteiger partial charge < -0.3 is 15.1 Å². The maximum absolute atomic E-state index is 13.0. The van der Waals surface area contributed by atoms with E-state index in [1.54, 1.807) is 0 Å². The van der Waals surface area contributed by atoms with Gasteiger partial charge in [-0.25, -0.2) is 0 Å². The number of piperazine rings is 1. The van der Waals surface area contributed by atoms with Crippen molar-refractivity contribution < 1.29 is 9.59 Å². The van der Waals surface area contributed by atoms with Gasteiger partial charge in [0, 0.05) is 42.7 Å². The summed E-state index contributed by atoms with van der Waals surface area (Å²) in [6.45, 7) is 4.75. The summed E-state index contributed by atoms with van der Waals surface area (Å²) in [6, 6.07) is 15.5. The van der Waals surface area contributed by atoms with Crippen molar-refractivity contribution >= 4 is 56.2 Å². The summed E-state index contributed by atoms with van der Waals surface area (Å²) in [7, 11) is 0. The van der Waals surface area contributed by atoms with Crippen molar-refractivity contribution in [3.63, 3.8) is 0 Å². The molecule has 0 bridgehead atoms. The molecule has 29 heavy (non-hydrogen) atoms. The van der Waals surface area contributed by atoms with E-state index in [4.69, 9.17) is 11.6 Å². The first-order valence-corrected chi connectivity index (χ1v) is 10.9. The van der Waals surface area contributed by atoms with Crippen LogP contribution >= 0.6 is 22.9 Å². The number of halogens is 1. The third-order valence-corrected chi connectivity index (χ3v) is 6.84. The molecule has 0 aliphatic carbocycles. The first-order valence-electron chi connectivity index (χ1n) is 9.68. The molecule has 1 aromatic heterocycles. The van der Waals surface area contributed by atoms with Crippen molar-refractivity contribution in [3.05, 3.63) is 58.4 Å². The second-order valence-electron chi connectivity index (χ2n) is 6.93. The first kappa shape index (κ1) is 19.7. The molecule has 5 nitrogen and oxygen atoms in total. The Morgan fingerprint density at radius 1 is 1.03 bits per heavy atom. The van der Waals surface area contributed by atoms with Gasteiger partial charge >= 0.3 is 0 Å². The molecule has 7 heteroatoms. The number of anilines is 2. The van der Waals surface area contributed by atoms with E-state index < -0.39 is 0 Å². The van der Waals surface area contributed by atoms with E-state index in [0.717, 1.165) is 34.6 Å². The summed E-state index contributed by atoms with van der Waals surface area (Å²) < 4.78 is 0.993. The van der Waals surface area contributed by atoms with Crippen LogP contribution in [0.1, 0.15) is 23.0 Å². The minimum absolute atomic E-state index is 0.186. The van der Waals surface area contributed by atoms with Gasteiger partial charge in [-0.15, -0.1) is 11.3 Å². The number of nitrogens with zero attached hydrogens (tertiary/aromatic N) is 2. The molecule has 1 N–H and O–H groups in total. The molecule has 2 heterocycles. The van der Waals surface area contributed by atoms with Crippen molar-refractivity contribution in [3.8, 4) is 0 Å². The molecular formula is C22H22ClN3O2S. The Hall–Kier alpha value is -2.57. The zero-order valence-electron chi connectivity index (χ0n) is 16.2. The molecule has 1 saturated heterocycles. The number of thiophene rings is 1. The fourth-order valence-corrected chi connectivity index (χ4v) is 5.03. The zero-order chi connectivity index (χ0) is 20.4. The number of amides is 2. The largest absolute Gasteiger partial charge is 0.366 e. The van der Waals surface area contributed by atoms with Gasteiger partial charge in [0.2, 0.25) is 5.91 Å². The monoisotopic (exact) mass is 427 g/mol. The lowest BCUT2D eigenvalue weighted by molar-refractivity contribution is -0.131. The molecule has 1 aliphatic rings. The number of nitrogens with one attached hydrogen (secondary N) is 1. The van der Waals surface area contributed by atoms with Crippen molar-refractivity contribution in [2.45, 2.75) is 13.3 Å². The van der Waals surface area contributed by atoms with Crippen LogP contribution in [-0.4, -0.2) is 42.9 Å². The fraction of sp³-hybridized carbons (Fsp3) is 0.273. The molecule has 1 aliphatic heterocycles. The minimum atomic E-state index is -0.205. The lowest BCUT2D eigenvalue weighted by Crippen LogP contribution is -2.48. The number of carbonyl (C=O) groups excluding carboxylic acids is 2. The number of carbonyl (C=O) groups is 2. The highest BCUT2D eigenvalue weighted by Gasteiger charge is 2.23. The number of fused-ring (bicyclic) bond motifs is 1. The van der Waals surface area contributed by atoms with Crippen molar-refractivity contribution in [1.82, 2.24) is 4.90 Å².